The Balaban J connectivity index is 0.000000464. The second kappa shape index (κ2) is 11.5. The molecular formula is C18H25N3O4S. The number of benzene rings is 2. The maximum atomic E-state index is 11.1. The number of hydrogen-bond donors (Lipinski definition) is 3. The number of carbonyl (C=O) groups excluding carboxylic acids is 1. The molecule has 1 amide bonds. The summed E-state index contributed by atoms with van der Waals surface area (Å²) >= 11 is -1.47. The zero-order valence-corrected chi connectivity index (χ0v) is 14.8. The molecular weight excluding hydrogens is 354 g/mol. The van der Waals surface area contributed by atoms with Gasteiger partial charge in [0.1, 0.15) is 5.75 Å². The molecule has 0 radical (unpaired) electrons. The number of nitrogen functional groups attached to an aromatic ring is 2. The van der Waals surface area contributed by atoms with Gasteiger partial charge in [-0.3, -0.25) is 4.79 Å². The summed E-state index contributed by atoms with van der Waals surface area (Å²) in [4.78, 5) is 11.3. The van der Waals surface area contributed by atoms with E-state index in [0.717, 1.165) is 6.26 Å². The third kappa shape index (κ3) is 7.71. The molecule has 0 fully saturated rings. The molecule has 2 rings (SSSR count). The van der Waals surface area contributed by atoms with Gasteiger partial charge < -0.3 is 25.7 Å². The van der Waals surface area contributed by atoms with Gasteiger partial charge in [0.05, 0.1) is 24.0 Å². The van der Waals surface area contributed by atoms with Crippen molar-refractivity contribution in [3.05, 3.63) is 55.3 Å². The summed E-state index contributed by atoms with van der Waals surface area (Å²) in [5.41, 5.74) is 12.9. The first kappa shape index (κ1) is 23.0. The molecule has 0 aliphatic heterocycles. The Hall–Kier alpha value is -3.00. The van der Waals surface area contributed by atoms with Crippen molar-refractivity contribution in [3.8, 4) is 5.75 Å². The Labute approximate surface area is 156 Å². The Morgan fingerprint density at radius 1 is 1.19 bits per heavy atom. The number of anilines is 3. The Kier molecular flexibility index (Phi) is 10.2. The average molecular weight is 379 g/mol. The lowest BCUT2D eigenvalue weighted by Crippen LogP contribution is -2.06. The maximum absolute atomic E-state index is 11.1. The molecule has 0 heterocycles. The third-order valence-corrected chi connectivity index (χ3v) is 3.75. The van der Waals surface area contributed by atoms with E-state index in [0.29, 0.717) is 27.7 Å². The molecule has 0 bridgehead atoms. The summed E-state index contributed by atoms with van der Waals surface area (Å²) in [5.74, 6) is 0.485. The largest absolute Gasteiger partial charge is 0.495 e. The van der Waals surface area contributed by atoms with E-state index in [1.165, 1.54) is 6.92 Å². The molecule has 0 aliphatic carbocycles. The van der Waals surface area contributed by atoms with E-state index >= 15 is 0 Å². The van der Waals surface area contributed by atoms with Crippen LogP contribution >= 0.6 is 0 Å². The van der Waals surface area contributed by atoms with Gasteiger partial charge in [-0.15, -0.1) is 0 Å². The van der Waals surface area contributed by atoms with Crippen molar-refractivity contribution in [1.29, 1.82) is 0 Å². The predicted octanol–water partition coefficient (Wildman–Crippen LogP) is 3.32. The number of nitrogens with one attached hydrogen (secondary N) is 1. The molecule has 26 heavy (non-hydrogen) atoms. The zero-order chi connectivity index (χ0) is 18.8. The molecule has 2 aromatic rings. The monoisotopic (exact) mass is 379 g/mol. The second-order valence-corrected chi connectivity index (χ2v) is 5.84. The summed E-state index contributed by atoms with van der Waals surface area (Å²) in [6, 6.07) is 11.7. The summed E-state index contributed by atoms with van der Waals surface area (Å²) in [6.45, 7) is 4.75. The van der Waals surface area contributed by atoms with Crippen LogP contribution in [0.5, 0.6) is 5.75 Å². The number of carbonyl (C=O) groups is 1. The van der Waals surface area contributed by atoms with E-state index in [1.807, 2.05) is 0 Å². The molecule has 0 aliphatic rings. The number of rotatable bonds is 5. The summed E-state index contributed by atoms with van der Waals surface area (Å²) in [5, 5.41) is 2.62. The molecule has 2 aromatic carbocycles. The second-order valence-electron chi connectivity index (χ2n) is 4.70. The van der Waals surface area contributed by atoms with Gasteiger partial charge in [0.2, 0.25) is 17.0 Å². The van der Waals surface area contributed by atoms with E-state index in [4.69, 9.17) is 16.2 Å². The highest BCUT2D eigenvalue weighted by molar-refractivity contribution is 7.80. The molecule has 0 saturated heterocycles. The lowest BCUT2D eigenvalue weighted by molar-refractivity contribution is -0.114. The van der Waals surface area contributed by atoms with E-state index in [-0.39, 0.29) is 13.3 Å². The fourth-order valence-electron chi connectivity index (χ4n) is 1.71. The Bertz CT molecular complexity index is 749. The van der Waals surface area contributed by atoms with E-state index in [9.17, 15) is 9.00 Å². The molecule has 8 heteroatoms. The number of methoxy groups -OCH3 is 1. The van der Waals surface area contributed by atoms with Crippen molar-refractivity contribution in [2.45, 2.75) is 19.2 Å². The lowest BCUT2D eigenvalue weighted by atomic mass is 10.2. The predicted molar refractivity (Wildman–Crippen MR) is 107 cm³/mol. The van der Waals surface area contributed by atoms with Crippen LogP contribution in [0.15, 0.2) is 60.2 Å². The van der Waals surface area contributed by atoms with Gasteiger partial charge >= 0.3 is 0 Å². The van der Waals surface area contributed by atoms with Crippen LogP contribution < -0.4 is 21.5 Å². The van der Waals surface area contributed by atoms with Crippen molar-refractivity contribution in [2.24, 2.45) is 0 Å². The summed E-state index contributed by atoms with van der Waals surface area (Å²) in [6.07, 6.45) is 1.15. The molecule has 1 atom stereocenters. The fourth-order valence-corrected chi connectivity index (χ4v) is 2.30. The highest BCUT2D eigenvalue weighted by Crippen LogP contribution is 2.24. The molecule has 0 saturated carbocycles. The highest BCUT2D eigenvalue weighted by atomic mass is 32.2. The van der Waals surface area contributed by atoms with Crippen LogP contribution in [-0.4, -0.2) is 17.2 Å². The van der Waals surface area contributed by atoms with Gasteiger partial charge in [-0.1, -0.05) is 14.0 Å². The van der Waals surface area contributed by atoms with Gasteiger partial charge in [-0.2, -0.15) is 0 Å². The van der Waals surface area contributed by atoms with Crippen LogP contribution in [0, 0.1) is 0 Å². The zero-order valence-electron chi connectivity index (χ0n) is 14.0. The van der Waals surface area contributed by atoms with Gasteiger partial charge in [-0.25, -0.2) is 4.21 Å². The van der Waals surface area contributed by atoms with Crippen molar-refractivity contribution in [3.63, 3.8) is 0 Å². The minimum Gasteiger partial charge on any atom is -0.495 e. The summed E-state index contributed by atoms with van der Waals surface area (Å²) < 4.78 is 20.8. The lowest BCUT2D eigenvalue weighted by Gasteiger charge is -2.06. The molecule has 142 valence electrons. The highest BCUT2D eigenvalue weighted by Gasteiger charge is 2.02. The number of hydrogen-bond acceptors (Lipinski definition) is 6. The minimum absolute atomic E-state index is 0. The standard InChI is InChI=1S/C9H12N2O2.C8H9NO2S.CH4/c1-6(12)11-7-3-4-9(13-2)8(10)5-7;1-2-11-12(10)8-5-3-7(9)4-6-8;/h3-5H,10H2,1-2H3,(H,11,12);2-6H,1,9H2;1H4. The van der Waals surface area contributed by atoms with Crippen LogP contribution in [0.4, 0.5) is 17.1 Å². The van der Waals surface area contributed by atoms with Crippen LogP contribution in [0.1, 0.15) is 14.4 Å². The first-order chi connectivity index (χ1) is 11.9. The van der Waals surface area contributed by atoms with Crippen molar-refractivity contribution in [2.75, 3.05) is 23.9 Å². The minimum atomic E-state index is -1.47. The fraction of sp³-hybridized carbons (Fsp3) is 0.167. The van der Waals surface area contributed by atoms with Crippen molar-refractivity contribution in [1.82, 2.24) is 0 Å². The van der Waals surface area contributed by atoms with Gasteiger partial charge in [0, 0.05) is 18.3 Å². The van der Waals surface area contributed by atoms with Crippen molar-refractivity contribution < 1.29 is 17.9 Å². The number of nitrogens with two attached hydrogens (primary N) is 2. The third-order valence-electron chi connectivity index (χ3n) is 2.78. The van der Waals surface area contributed by atoms with Gasteiger partial charge in [-0.05, 0) is 42.5 Å². The SMILES string of the molecule is C.C=COS(=O)c1ccc(N)cc1.COc1ccc(NC(C)=O)cc1N. The smallest absolute Gasteiger partial charge is 0.240 e. The van der Waals surface area contributed by atoms with E-state index in [1.54, 1.807) is 49.6 Å². The van der Waals surface area contributed by atoms with Crippen LogP contribution in [0.25, 0.3) is 0 Å². The molecule has 0 aromatic heterocycles. The average Bonchev–Trinajstić information content (AvgIpc) is 2.56. The molecule has 1 unspecified atom stereocenters. The summed E-state index contributed by atoms with van der Waals surface area (Å²) in [7, 11) is 1.55. The first-order valence-electron chi connectivity index (χ1n) is 7.13. The van der Waals surface area contributed by atoms with Crippen LogP contribution in [0.2, 0.25) is 0 Å². The number of ether oxygens (including phenoxy) is 1. The molecule has 5 N–H and O–H groups in total. The topological polar surface area (TPSA) is 117 Å². The van der Waals surface area contributed by atoms with Crippen molar-refractivity contribution >= 4 is 34.0 Å². The quantitative estimate of drug-likeness (QED) is 0.542. The molecule has 7 nitrogen and oxygen atoms in total. The van der Waals surface area contributed by atoms with Gasteiger partial charge in [0.15, 0.2) is 0 Å². The Morgan fingerprint density at radius 3 is 2.27 bits per heavy atom. The van der Waals surface area contributed by atoms with Crippen LogP contribution in [-0.2, 0) is 20.1 Å². The van der Waals surface area contributed by atoms with E-state index < -0.39 is 11.1 Å². The van der Waals surface area contributed by atoms with Crippen LogP contribution in [0.3, 0.4) is 0 Å². The first-order valence-corrected chi connectivity index (χ1v) is 8.21. The molecule has 0 spiro atoms. The normalized spacial score (nSPS) is 10.2. The number of amides is 1. The Morgan fingerprint density at radius 2 is 1.81 bits per heavy atom. The van der Waals surface area contributed by atoms with E-state index in [2.05, 4.69) is 16.1 Å². The van der Waals surface area contributed by atoms with Gasteiger partial charge in [0.25, 0.3) is 0 Å². The maximum Gasteiger partial charge on any atom is 0.240 e.